The SMILES string of the molecule is COC(=O)Cn1ccc(NC(=O)C2CC23CCNCC3)n1. The third-order valence-corrected chi connectivity index (χ3v) is 4.52. The Morgan fingerprint density at radius 3 is 3.00 bits per heavy atom. The van der Waals surface area contributed by atoms with Crippen molar-refractivity contribution < 1.29 is 14.3 Å². The van der Waals surface area contributed by atoms with Gasteiger partial charge < -0.3 is 15.4 Å². The normalized spacial score (nSPS) is 22.8. The molecule has 2 aliphatic rings. The van der Waals surface area contributed by atoms with Crippen molar-refractivity contribution in [1.29, 1.82) is 0 Å². The maximum absolute atomic E-state index is 12.3. The minimum absolute atomic E-state index is 0.0419. The molecule has 1 aromatic heterocycles. The molecule has 2 heterocycles. The van der Waals surface area contributed by atoms with Gasteiger partial charge in [0.2, 0.25) is 5.91 Å². The van der Waals surface area contributed by atoms with E-state index in [-0.39, 0.29) is 29.8 Å². The lowest BCUT2D eigenvalue weighted by Crippen LogP contribution is -2.31. The monoisotopic (exact) mass is 292 g/mol. The van der Waals surface area contributed by atoms with Crippen molar-refractivity contribution >= 4 is 17.7 Å². The Morgan fingerprint density at radius 2 is 2.29 bits per heavy atom. The van der Waals surface area contributed by atoms with Gasteiger partial charge in [0.05, 0.1) is 7.11 Å². The van der Waals surface area contributed by atoms with Gasteiger partial charge in [0, 0.05) is 18.2 Å². The number of rotatable bonds is 4. The van der Waals surface area contributed by atoms with Crippen molar-refractivity contribution in [2.45, 2.75) is 25.8 Å². The summed E-state index contributed by atoms with van der Waals surface area (Å²) >= 11 is 0. The summed E-state index contributed by atoms with van der Waals surface area (Å²) in [4.78, 5) is 23.4. The highest BCUT2D eigenvalue weighted by Crippen LogP contribution is 2.58. The van der Waals surface area contributed by atoms with Crippen LogP contribution >= 0.6 is 0 Å². The van der Waals surface area contributed by atoms with Crippen molar-refractivity contribution in [3.63, 3.8) is 0 Å². The van der Waals surface area contributed by atoms with Gasteiger partial charge in [-0.15, -0.1) is 0 Å². The second-order valence-electron chi connectivity index (χ2n) is 5.83. The van der Waals surface area contributed by atoms with Gasteiger partial charge >= 0.3 is 5.97 Å². The van der Waals surface area contributed by atoms with Crippen LogP contribution in [0.5, 0.6) is 0 Å². The van der Waals surface area contributed by atoms with Crippen LogP contribution in [0, 0.1) is 11.3 Å². The van der Waals surface area contributed by atoms with Gasteiger partial charge in [0.15, 0.2) is 5.82 Å². The smallest absolute Gasteiger partial charge is 0.327 e. The van der Waals surface area contributed by atoms with E-state index in [4.69, 9.17) is 0 Å². The number of anilines is 1. The molecule has 7 nitrogen and oxygen atoms in total. The fourth-order valence-electron chi connectivity index (χ4n) is 3.12. The van der Waals surface area contributed by atoms with E-state index < -0.39 is 0 Å². The lowest BCUT2D eigenvalue weighted by atomic mass is 9.92. The number of amides is 1. The molecule has 2 fully saturated rings. The molecule has 1 amide bonds. The predicted octanol–water partition coefficient (Wildman–Crippen LogP) is 0.384. The van der Waals surface area contributed by atoms with Crippen LogP contribution in [0.4, 0.5) is 5.82 Å². The molecule has 0 aromatic carbocycles. The van der Waals surface area contributed by atoms with Gasteiger partial charge in [-0.05, 0) is 37.8 Å². The van der Waals surface area contributed by atoms with Crippen molar-refractivity contribution in [3.8, 4) is 0 Å². The molecule has 1 atom stereocenters. The summed E-state index contributed by atoms with van der Waals surface area (Å²) < 4.78 is 6.03. The molecule has 114 valence electrons. The van der Waals surface area contributed by atoms with Crippen molar-refractivity contribution in [2.24, 2.45) is 11.3 Å². The van der Waals surface area contributed by atoms with Gasteiger partial charge in [0.25, 0.3) is 0 Å². The third-order valence-electron chi connectivity index (χ3n) is 4.52. The molecule has 1 saturated heterocycles. The number of hydrogen-bond donors (Lipinski definition) is 2. The fourth-order valence-corrected chi connectivity index (χ4v) is 3.12. The highest BCUT2D eigenvalue weighted by Gasteiger charge is 2.57. The zero-order valence-electron chi connectivity index (χ0n) is 12.1. The van der Waals surface area contributed by atoms with E-state index in [1.165, 1.54) is 11.8 Å². The van der Waals surface area contributed by atoms with Crippen LogP contribution in [0.15, 0.2) is 12.3 Å². The number of ether oxygens (including phenoxy) is 1. The highest BCUT2D eigenvalue weighted by molar-refractivity contribution is 5.94. The number of carbonyl (C=O) groups excluding carboxylic acids is 2. The maximum Gasteiger partial charge on any atom is 0.327 e. The minimum Gasteiger partial charge on any atom is -0.468 e. The number of piperidine rings is 1. The summed E-state index contributed by atoms with van der Waals surface area (Å²) in [6.07, 6.45) is 4.77. The van der Waals surface area contributed by atoms with Crippen LogP contribution < -0.4 is 10.6 Å². The third kappa shape index (κ3) is 2.92. The van der Waals surface area contributed by atoms with Gasteiger partial charge in [-0.2, -0.15) is 5.10 Å². The van der Waals surface area contributed by atoms with E-state index in [0.717, 1.165) is 32.4 Å². The van der Waals surface area contributed by atoms with E-state index >= 15 is 0 Å². The zero-order valence-corrected chi connectivity index (χ0v) is 12.1. The van der Waals surface area contributed by atoms with Gasteiger partial charge in [0.1, 0.15) is 6.54 Å². The molecule has 1 aliphatic heterocycles. The molecule has 21 heavy (non-hydrogen) atoms. The summed E-state index contributed by atoms with van der Waals surface area (Å²) in [6, 6.07) is 1.69. The molecule has 1 unspecified atom stereocenters. The van der Waals surface area contributed by atoms with Crippen LogP contribution in [0.3, 0.4) is 0 Å². The summed E-state index contributed by atoms with van der Waals surface area (Å²) in [5.41, 5.74) is 0.212. The average molecular weight is 292 g/mol. The molecular formula is C14H20N4O3. The molecule has 0 radical (unpaired) electrons. The second kappa shape index (κ2) is 5.48. The number of esters is 1. The van der Waals surface area contributed by atoms with E-state index in [2.05, 4.69) is 20.5 Å². The lowest BCUT2D eigenvalue weighted by Gasteiger charge is -2.23. The first-order chi connectivity index (χ1) is 10.1. The molecule has 1 aliphatic carbocycles. The summed E-state index contributed by atoms with van der Waals surface area (Å²) in [5, 5.41) is 10.3. The first-order valence-electron chi connectivity index (χ1n) is 7.25. The van der Waals surface area contributed by atoms with Crippen molar-refractivity contribution in [1.82, 2.24) is 15.1 Å². The minimum atomic E-state index is -0.369. The van der Waals surface area contributed by atoms with Crippen LogP contribution in [-0.2, 0) is 20.9 Å². The van der Waals surface area contributed by atoms with E-state index in [9.17, 15) is 9.59 Å². The zero-order chi connectivity index (χ0) is 14.9. The van der Waals surface area contributed by atoms with Gasteiger partial charge in [-0.25, -0.2) is 0 Å². The number of nitrogens with one attached hydrogen (secondary N) is 2. The van der Waals surface area contributed by atoms with Gasteiger partial charge in [-0.3, -0.25) is 14.3 Å². The highest BCUT2D eigenvalue weighted by atomic mass is 16.5. The largest absolute Gasteiger partial charge is 0.468 e. The Kier molecular flexibility index (Phi) is 3.67. The molecule has 1 saturated carbocycles. The summed E-state index contributed by atoms with van der Waals surface area (Å²) in [7, 11) is 1.33. The van der Waals surface area contributed by atoms with Gasteiger partial charge in [-0.1, -0.05) is 0 Å². The Labute approximate surface area is 123 Å². The average Bonchev–Trinajstić information content (AvgIpc) is 2.99. The topological polar surface area (TPSA) is 85.2 Å². The Hall–Kier alpha value is -1.89. The number of nitrogens with zero attached hydrogens (tertiary/aromatic N) is 2. The lowest BCUT2D eigenvalue weighted by molar-refractivity contribution is -0.141. The number of hydrogen-bond acceptors (Lipinski definition) is 5. The Morgan fingerprint density at radius 1 is 1.52 bits per heavy atom. The number of methoxy groups -OCH3 is 1. The summed E-state index contributed by atoms with van der Waals surface area (Å²) in [6.45, 7) is 2.04. The van der Waals surface area contributed by atoms with E-state index in [1.807, 2.05) is 0 Å². The van der Waals surface area contributed by atoms with Crippen molar-refractivity contribution in [3.05, 3.63) is 12.3 Å². The molecule has 1 aromatic rings. The second-order valence-corrected chi connectivity index (χ2v) is 5.83. The maximum atomic E-state index is 12.3. The molecule has 3 rings (SSSR count). The quantitative estimate of drug-likeness (QED) is 0.784. The van der Waals surface area contributed by atoms with Crippen LogP contribution in [0.25, 0.3) is 0 Å². The van der Waals surface area contributed by atoms with Crippen LogP contribution in [0.1, 0.15) is 19.3 Å². The predicted molar refractivity (Wildman–Crippen MR) is 75.5 cm³/mol. The standard InChI is InChI=1S/C14H20N4O3/c1-21-12(19)9-18-7-2-11(17-18)16-13(20)10-8-14(10)3-5-15-6-4-14/h2,7,10,15H,3-6,8-9H2,1H3,(H,16,17,20). The Balaban J connectivity index is 1.55. The Bertz CT molecular complexity index is 548. The first kappa shape index (κ1) is 14.1. The number of carbonyl (C=O) groups is 2. The van der Waals surface area contributed by atoms with E-state index in [1.54, 1.807) is 12.3 Å². The fraction of sp³-hybridized carbons (Fsp3) is 0.643. The molecule has 1 spiro atoms. The molecule has 2 N–H and O–H groups in total. The summed E-state index contributed by atoms with van der Waals surface area (Å²) in [5.74, 6) is 0.261. The van der Waals surface area contributed by atoms with Crippen LogP contribution in [0.2, 0.25) is 0 Å². The molecule has 7 heteroatoms. The molecule has 0 bridgehead atoms. The van der Waals surface area contributed by atoms with E-state index in [0.29, 0.717) is 5.82 Å². The molecular weight excluding hydrogens is 272 g/mol. The number of aromatic nitrogens is 2. The first-order valence-corrected chi connectivity index (χ1v) is 7.25. The van der Waals surface area contributed by atoms with Crippen molar-refractivity contribution in [2.75, 3.05) is 25.5 Å². The van der Waals surface area contributed by atoms with Crippen LogP contribution in [-0.4, -0.2) is 41.9 Å².